The monoisotopic (exact) mass is 594 g/mol. The first-order valence-corrected chi connectivity index (χ1v) is 14.5. The number of hydrogen-bond donors (Lipinski definition) is 2. The second-order valence-electron chi connectivity index (χ2n) is 8.80. The Balaban J connectivity index is 2.17. The maximum absolute atomic E-state index is 12.0. The number of aromatic nitrogens is 2. The van der Waals surface area contributed by atoms with Crippen molar-refractivity contribution in [3.63, 3.8) is 0 Å². The van der Waals surface area contributed by atoms with Crippen LogP contribution < -0.4 is 10.4 Å². The lowest BCUT2D eigenvalue weighted by Gasteiger charge is -2.17. The van der Waals surface area contributed by atoms with Crippen LogP contribution in [0.3, 0.4) is 0 Å². The molecule has 12 nitrogen and oxygen atoms in total. The molecule has 2 N–H and O–H groups in total. The van der Waals surface area contributed by atoms with E-state index in [0.29, 0.717) is 0 Å². The van der Waals surface area contributed by atoms with Crippen molar-refractivity contribution in [3.05, 3.63) is 83.5 Å². The highest BCUT2D eigenvalue weighted by Gasteiger charge is 2.23. The van der Waals surface area contributed by atoms with Crippen LogP contribution in [0.2, 0.25) is 0 Å². The first-order valence-electron chi connectivity index (χ1n) is 11.6. The predicted molar refractivity (Wildman–Crippen MR) is 147 cm³/mol. The zero-order valence-corrected chi connectivity index (χ0v) is 22.6. The smallest absolute Gasteiger partial charge is 0.294 e. The minimum absolute atomic E-state index is 0.140. The van der Waals surface area contributed by atoms with Crippen molar-refractivity contribution in [3.8, 4) is 46.8 Å². The summed E-state index contributed by atoms with van der Waals surface area (Å²) in [4.78, 5) is -0.884. The Hall–Kier alpha value is -5.74. The third-order valence-corrected chi connectivity index (χ3v) is 8.20. The van der Waals surface area contributed by atoms with Crippen LogP contribution >= 0.6 is 0 Å². The Kier molecular flexibility index (Phi) is 6.64. The molecule has 2 aromatic carbocycles. The number of nitriles is 4. The topological polar surface area (TPSA) is 213 Å². The Labute approximate surface area is 237 Å². The van der Waals surface area contributed by atoms with Gasteiger partial charge in [-0.2, -0.15) is 37.9 Å². The molecule has 0 spiro atoms. The summed E-state index contributed by atoms with van der Waals surface area (Å²) < 4.78 is 70.4. The van der Waals surface area contributed by atoms with Gasteiger partial charge >= 0.3 is 0 Å². The summed E-state index contributed by atoms with van der Waals surface area (Å²) in [7, 11) is -9.29. The lowest BCUT2D eigenvalue weighted by atomic mass is 10.0. The largest absolute Gasteiger partial charge is 0.312 e. The number of hydrogen-bond acceptors (Lipinski definition) is 8. The molecule has 0 saturated heterocycles. The molecule has 42 heavy (non-hydrogen) atoms. The Morgan fingerprint density at radius 1 is 0.595 bits per heavy atom. The molecule has 3 aromatic heterocycles. The molecule has 0 saturated carbocycles. The summed E-state index contributed by atoms with van der Waals surface area (Å²) in [6.07, 6.45) is 2.97. The maximum atomic E-state index is 12.0. The van der Waals surface area contributed by atoms with Gasteiger partial charge in [-0.05, 0) is 36.4 Å². The van der Waals surface area contributed by atoms with E-state index >= 15 is 0 Å². The number of nitrogens with zero attached hydrogens (tertiary/aromatic N) is 6. The summed E-state index contributed by atoms with van der Waals surface area (Å²) in [5.41, 5.74) is 0.684. The molecular formula is C28H14N6O6S2. The molecule has 0 aliphatic heterocycles. The first kappa shape index (κ1) is 27.8. The van der Waals surface area contributed by atoms with Crippen molar-refractivity contribution in [2.45, 2.75) is 9.79 Å². The van der Waals surface area contributed by atoms with Gasteiger partial charge in [0.15, 0.2) is 0 Å². The molecule has 3 heterocycles. The van der Waals surface area contributed by atoms with Gasteiger partial charge in [0.05, 0.1) is 32.2 Å². The van der Waals surface area contributed by atoms with Gasteiger partial charge in [-0.25, -0.2) is 0 Å². The number of benzene rings is 2. The van der Waals surface area contributed by atoms with E-state index in [1.165, 1.54) is 81.9 Å². The van der Waals surface area contributed by atoms with Gasteiger partial charge in [0.1, 0.15) is 35.4 Å². The molecule has 5 rings (SSSR count). The van der Waals surface area contributed by atoms with Crippen molar-refractivity contribution < 1.29 is 25.9 Å². The average Bonchev–Trinajstić information content (AvgIpc) is 3.58. The molecule has 14 heteroatoms. The number of fused-ring (bicyclic) bond motifs is 2. The summed E-state index contributed by atoms with van der Waals surface area (Å²) in [6, 6.07) is 20.7. The van der Waals surface area contributed by atoms with Crippen molar-refractivity contribution >= 4 is 42.4 Å². The van der Waals surface area contributed by atoms with E-state index in [1.807, 2.05) is 24.3 Å². The van der Waals surface area contributed by atoms with Crippen LogP contribution in [0.25, 0.3) is 44.7 Å². The zero-order chi connectivity index (χ0) is 30.4. The van der Waals surface area contributed by atoms with E-state index in [9.17, 15) is 47.0 Å². The highest BCUT2D eigenvalue weighted by molar-refractivity contribution is 7.86. The maximum Gasteiger partial charge on any atom is 0.294 e. The van der Waals surface area contributed by atoms with E-state index < -0.39 is 30.0 Å². The molecule has 0 radical (unpaired) electrons. The molecule has 204 valence electrons. The van der Waals surface area contributed by atoms with E-state index in [-0.39, 0.29) is 55.1 Å². The first-order chi connectivity index (χ1) is 19.9. The fourth-order valence-corrected chi connectivity index (χ4v) is 5.86. The Morgan fingerprint density at radius 2 is 0.952 bits per heavy atom. The fraction of sp³-hybridized carbons (Fsp3) is 0. The molecule has 0 bridgehead atoms. The third kappa shape index (κ3) is 4.45. The average molecular weight is 595 g/mol. The van der Waals surface area contributed by atoms with E-state index in [2.05, 4.69) is 0 Å². The van der Waals surface area contributed by atoms with Crippen LogP contribution in [-0.4, -0.2) is 34.7 Å². The van der Waals surface area contributed by atoms with Crippen molar-refractivity contribution in [1.29, 1.82) is 21.0 Å². The van der Waals surface area contributed by atoms with Crippen molar-refractivity contribution in [2.75, 3.05) is 0 Å². The molecule has 0 amide bonds. The van der Waals surface area contributed by atoms with Crippen LogP contribution in [0.5, 0.6) is 0 Å². The SMILES string of the molecule is N#CC(C#N)=c1ccn2c(-c3cccc(S(=O)(=O)O)c3)c3c(=C(C#N)C#N)ccn3c(-c3cccc(S(=O)(=O)O)c3)c12. The molecule has 0 aliphatic rings. The van der Waals surface area contributed by atoms with Gasteiger partial charge in [0.2, 0.25) is 0 Å². The normalized spacial score (nSPS) is 11.4. The van der Waals surface area contributed by atoms with Crippen LogP contribution in [0.4, 0.5) is 0 Å². The zero-order valence-electron chi connectivity index (χ0n) is 21.0. The minimum Gasteiger partial charge on any atom is -0.312 e. The highest BCUT2D eigenvalue weighted by Crippen LogP contribution is 2.34. The lowest BCUT2D eigenvalue weighted by Crippen LogP contribution is -2.13. The molecular weight excluding hydrogens is 580 g/mol. The van der Waals surface area contributed by atoms with Gasteiger partial charge in [0.25, 0.3) is 20.2 Å². The van der Waals surface area contributed by atoms with E-state index in [0.717, 1.165) is 0 Å². The predicted octanol–water partition coefficient (Wildman–Crippen LogP) is 2.42. The van der Waals surface area contributed by atoms with Gasteiger partial charge in [-0.3, -0.25) is 9.11 Å². The lowest BCUT2D eigenvalue weighted by molar-refractivity contribution is 0.481. The molecule has 5 aromatic rings. The minimum atomic E-state index is -4.65. The van der Waals surface area contributed by atoms with Crippen LogP contribution in [0, 0.1) is 45.3 Å². The van der Waals surface area contributed by atoms with Crippen molar-refractivity contribution in [2.24, 2.45) is 0 Å². The summed E-state index contributed by atoms with van der Waals surface area (Å²) in [5, 5.41) is 39.2. The molecule has 0 fully saturated rings. The standard InChI is InChI=1S/C28H14N6O6S2/c29-13-19(14-30)23-8-10-34-26(18-4-2-6-22(12-18)42(38,39)40)28-24(20(15-31)16-32)7-9-33(28)25(27(23)34)17-3-1-5-21(11-17)41(35,36)37/h1-12H,(H,35,36,37)(H,38,39,40). The fourth-order valence-electron chi connectivity index (χ4n) is 4.80. The molecule has 0 unspecified atom stereocenters. The Bertz CT molecular complexity index is 2310. The Morgan fingerprint density at radius 3 is 1.26 bits per heavy atom. The van der Waals surface area contributed by atoms with E-state index in [4.69, 9.17) is 0 Å². The summed E-state index contributed by atoms with van der Waals surface area (Å²) >= 11 is 0. The van der Waals surface area contributed by atoms with Gasteiger partial charge in [0, 0.05) is 34.0 Å². The second kappa shape index (κ2) is 10.0. The van der Waals surface area contributed by atoms with Gasteiger partial charge < -0.3 is 8.80 Å². The number of rotatable bonds is 4. The van der Waals surface area contributed by atoms with E-state index in [1.54, 1.807) is 0 Å². The van der Waals surface area contributed by atoms with Gasteiger partial charge in [-0.1, -0.05) is 24.3 Å². The van der Waals surface area contributed by atoms with Crippen LogP contribution in [0.15, 0.2) is 82.8 Å². The van der Waals surface area contributed by atoms with Crippen LogP contribution in [-0.2, 0) is 20.2 Å². The summed E-state index contributed by atoms with van der Waals surface area (Å²) in [6.45, 7) is 0. The molecule has 0 aliphatic carbocycles. The quantitative estimate of drug-likeness (QED) is 0.290. The third-order valence-electron chi connectivity index (χ3n) is 6.50. The van der Waals surface area contributed by atoms with Crippen LogP contribution in [0.1, 0.15) is 0 Å². The second-order valence-corrected chi connectivity index (χ2v) is 11.6. The highest BCUT2D eigenvalue weighted by atomic mass is 32.2. The van der Waals surface area contributed by atoms with Crippen molar-refractivity contribution in [1.82, 2.24) is 8.80 Å². The molecule has 0 atom stereocenters. The van der Waals surface area contributed by atoms with Gasteiger partial charge in [-0.15, -0.1) is 0 Å². The summed E-state index contributed by atoms with van der Waals surface area (Å²) in [5.74, 6) is 0.